The molecule has 65 heavy (non-hydrogen) atoms. The minimum atomic E-state index is -0.148. The van der Waals surface area contributed by atoms with E-state index in [-0.39, 0.29) is 16.2 Å². The molecule has 0 radical (unpaired) electrons. The van der Waals surface area contributed by atoms with Crippen molar-refractivity contribution in [2.75, 3.05) is 0 Å². The van der Waals surface area contributed by atoms with Crippen LogP contribution in [0.2, 0.25) is 0 Å². The molecule has 3 aliphatic rings. The fourth-order valence-corrected chi connectivity index (χ4v) is 11.7. The van der Waals surface area contributed by atoms with Crippen molar-refractivity contribution in [3.8, 4) is 73.3 Å². The summed E-state index contributed by atoms with van der Waals surface area (Å²) in [6.07, 6.45) is 0. The Kier molecular flexibility index (Phi) is 7.73. The lowest BCUT2D eigenvalue weighted by atomic mass is 9.81. The molecule has 10 aromatic rings. The van der Waals surface area contributed by atoms with Crippen LogP contribution >= 0.6 is 0 Å². The largest absolute Gasteiger partial charge is 0.424 e. The van der Waals surface area contributed by atoms with Crippen molar-refractivity contribution in [3.63, 3.8) is 0 Å². The van der Waals surface area contributed by atoms with Crippen molar-refractivity contribution >= 4 is 21.8 Å². The lowest BCUT2D eigenvalue weighted by Crippen LogP contribution is -2.15. The van der Waals surface area contributed by atoms with E-state index in [0.29, 0.717) is 11.8 Å². The Morgan fingerprint density at radius 1 is 0.369 bits per heavy atom. The molecule has 0 atom stereocenters. The lowest BCUT2D eigenvalue weighted by Gasteiger charge is -2.22. The zero-order valence-electron chi connectivity index (χ0n) is 37.5. The van der Waals surface area contributed by atoms with Crippen LogP contribution in [-0.2, 0) is 16.2 Å². The van der Waals surface area contributed by atoms with Crippen LogP contribution in [0.15, 0.2) is 176 Å². The Labute approximate surface area is 379 Å². The highest BCUT2D eigenvalue weighted by Gasteiger charge is 2.38. The predicted molar refractivity (Wildman–Crippen MR) is 266 cm³/mol. The molecular weight excluding hydrogens is 791 g/mol. The maximum Gasteiger partial charge on any atom is 0.323 e. The van der Waals surface area contributed by atoms with Gasteiger partial charge in [-0.1, -0.05) is 163 Å². The van der Waals surface area contributed by atoms with Gasteiger partial charge >= 0.3 is 6.01 Å². The molecule has 0 unspecified atom stereocenters. The van der Waals surface area contributed by atoms with Crippen LogP contribution in [0, 0.1) is 0 Å². The van der Waals surface area contributed by atoms with Gasteiger partial charge in [0, 0.05) is 49.9 Å². The van der Waals surface area contributed by atoms with Gasteiger partial charge in [-0.2, -0.15) is 9.97 Å². The topological polar surface area (TPSA) is 39.9 Å². The standard InChI is InChI=1S/C61H47N3O/c1-59(2)48-22-11-7-18-40(48)43-28-26-36(30-51(43)59)54-35-55(37-27-29-44-41-19-8-12-23-49(41)60(3,4)52(44)31-37)63-58(62-54)65-39-17-15-16-38(32-39)64-56-25-14-10-21-45(56)47-33-46-42-20-9-13-24-50(42)61(5,6)53(46)34-57(47)64/h7-35H,1-6H3. The Balaban J connectivity index is 0.947. The molecule has 312 valence electrons. The van der Waals surface area contributed by atoms with Gasteiger partial charge in [-0.15, -0.1) is 0 Å². The summed E-state index contributed by atoms with van der Waals surface area (Å²) < 4.78 is 9.23. The van der Waals surface area contributed by atoms with E-state index in [1.54, 1.807) is 0 Å². The second-order valence-electron chi connectivity index (χ2n) is 19.8. The summed E-state index contributed by atoms with van der Waals surface area (Å²) in [5.41, 5.74) is 22.4. The van der Waals surface area contributed by atoms with Gasteiger partial charge in [-0.3, -0.25) is 0 Å². The van der Waals surface area contributed by atoms with E-state index in [0.717, 1.165) is 33.7 Å². The highest BCUT2D eigenvalue weighted by atomic mass is 16.5. The molecule has 4 heteroatoms. The molecule has 13 rings (SSSR count). The molecule has 0 amide bonds. The summed E-state index contributed by atoms with van der Waals surface area (Å²) in [5.74, 6) is 0.668. The van der Waals surface area contributed by atoms with Crippen molar-refractivity contribution in [1.29, 1.82) is 0 Å². The molecule has 2 heterocycles. The summed E-state index contributed by atoms with van der Waals surface area (Å²) in [6.45, 7) is 14.0. The highest BCUT2D eigenvalue weighted by Crippen LogP contribution is 2.53. The Bertz CT molecular complexity index is 3550. The van der Waals surface area contributed by atoms with E-state index in [9.17, 15) is 0 Å². The molecular formula is C61H47N3O. The first-order chi connectivity index (χ1) is 31.5. The van der Waals surface area contributed by atoms with Gasteiger partial charge in [0.2, 0.25) is 0 Å². The number of aromatic nitrogens is 3. The summed E-state index contributed by atoms with van der Waals surface area (Å²) in [4.78, 5) is 10.4. The molecule has 0 N–H and O–H groups in total. The van der Waals surface area contributed by atoms with Crippen LogP contribution in [0.4, 0.5) is 0 Å². The van der Waals surface area contributed by atoms with Gasteiger partial charge in [0.1, 0.15) is 5.75 Å². The van der Waals surface area contributed by atoms with Crippen LogP contribution in [0.25, 0.3) is 83.4 Å². The predicted octanol–water partition coefficient (Wildman–Crippen LogP) is 15.6. The number of hydrogen-bond donors (Lipinski definition) is 0. The molecule has 0 spiro atoms. The zero-order chi connectivity index (χ0) is 44.0. The van der Waals surface area contributed by atoms with E-state index < -0.39 is 0 Å². The first-order valence-corrected chi connectivity index (χ1v) is 22.8. The lowest BCUT2D eigenvalue weighted by molar-refractivity contribution is 0.443. The van der Waals surface area contributed by atoms with E-state index in [1.807, 2.05) is 6.07 Å². The molecule has 0 fully saturated rings. The monoisotopic (exact) mass is 837 g/mol. The third kappa shape index (κ3) is 5.37. The highest BCUT2D eigenvalue weighted by molar-refractivity contribution is 6.11. The van der Waals surface area contributed by atoms with E-state index in [1.165, 1.54) is 83.1 Å². The van der Waals surface area contributed by atoms with E-state index >= 15 is 0 Å². The quantitative estimate of drug-likeness (QED) is 0.173. The summed E-state index contributed by atoms with van der Waals surface area (Å²) in [6, 6.07) is 64.4. The molecule has 8 aromatic carbocycles. The van der Waals surface area contributed by atoms with Crippen molar-refractivity contribution in [3.05, 3.63) is 209 Å². The normalized spacial score (nSPS) is 15.3. The van der Waals surface area contributed by atoms with E-state index in [2.05, 4.69) is 216 Å². The zero-order valence-corrected chi connectivity index (χ0v) is 37.5. The van der Waals surface area contributed by atoms with Gasteiger partial charge < -0.3 is 9.30 Å². The van der Waals surface area contributed by atoms with Crippen molar-refractivity contribution in [2.24, 2.45) is 0 Å². The van der Waals surface area contributed by atoms with Gasteiger partial charge in [-0.25, -0.2) is 0 Å². The van der Waals surface area contributed by atoms with Crippen molar-refractivity contribution in [2.45, 2.75) is 57.8 Å². The number of fused-ring (bicyclic) bond motifs is 12. The first kappa shape index (κ1) is 37.9. The van der Waals surface area contributed by atoms with Crippen LogP contribution in [-0.4, -0.2) is 14.5 Å². The van der Waals surface area contributed by atoms with Crippen LogP contribution < -0.4 is 4.74 Å². The number of hydrogen-bond acceptors (Lipinski definition) is 3. The van der Waals surface area contributed by atoms with Gasteiger partial charge in [0.25, 0.3) is 0 Å². The Hall–Kier alpha value is -7.56. The maximum atomic E-state index is 6.85. The average Bonchev–Trinajstić information content (AvgIpc) is 3.94. The Morgan fingerprint density at radius 3 is 1.45 bits per heavy atom. The molecule has 0 saturated heterocycles. The van der Waals surface area contributed by atoms with E-state index in [4.69, 9.17) is 14.7 Å². The summed E-state index contributed by atoms with van der Waals surface area (Å²) in [7, 11) is 0. The van der Waals surface area contributed by atoms with Crippen LogP contribution in [0.5, 0.6) is 11.8 Å². The first-order valence-electron chi connectivity index (χ1n) is 22.8. The minimum absolute atomic E-state index is 0.121. The SMILES string of the molecule is CC1(C)c2ccccc2-c2ccc(-c3cc(-c4ccc5c(c4)C(C)(C)c4ccccc4-5)nc(Oc4cccc(-n5c6ccccc6c6cc7c(cc65)C(C)(C)c5ccccc5-7)c4)n3)cc21. The Morgan fingerprint density at radius 2 is 0.862 bits per heavy atom. The van der Waals surface area contributed by atoms with Crippen molar-refractivity contribution in [1.82, 2.24) is 14.5 Å². The smallest absolute Gasteiger partial charge is 0.323 e. The molecule has 4 nitrogen and oxygen atoms in total. The molecule has 2 aromatic heterocycles. The van der Waals surface area contributed by atoms with Gasteiger partial charge in [0.15, 0.2) is 0 Å². The number of para-hydroxylation sites is 1. The van der Waals surface area contributed by atoms with Crippen LogP contribution in [0.3, 0.4) is 0 Å². The summed E-state index contributed by atoms with van der Waals surface area (Å²) in [5, 5.41) is 2.46. The van der Waals surface area contributed by atoms with Crippen LogP contribution in [0.1, 0.15) is 74.9 Å². The molecule has 3 aliphatic carbocycles. The third-order valence-electron chi connectivity index (χ3n) is 15.1. The number of benzene rings is 8. The average molecular weight is 838 g/mol. The molecule has 0 saturated carbocycles. The third-order valence-corrected chi connectivity index (χ3v) is 15.1. The number of ether oxygens (including phenoxy) is 1. The fourth-order valence-electron chi connectivity index (χ4n) is 11.7. The fraction of sp³-hybridized carbons (Fsp3) is 0.148. The summed E-state index contributed by atoms with van der Waals surface area (Å²) >= 11 is 0. The number of rotatable bonds is 5. The van der Waals surface area contributed by atoms with Crippen molar-refractivity contribution < 1.29 is 4.74 Å². The minimum Gasteiger partial charge on any atom is -0.424 e. The van der Waals surface area contributed by atoms with Gasteiger partial charge in [-0.05, 0) is 115 Å². The van der Waals surface area contributed by atoms with Gasteiger partial charge in [0.05, 0.1) is 22.4 Å². The number of nitrogens with zero attached hydrogens (tertiary/aromatic N) is 3. The second kappa shape index (κ2) is 13.2. The maximum absolute atomic E-state index is 6.85. The molecule has 0 aliphatic heterocycles. The second-order valence-corrected chi connectivity index (χ2v) is 19.8. The molecule has 0 bridgehead atoms.